The van der Waals surface area contributed by atoms with Crippen molar-refractivity contribution in [3.63, 3.8) is 0 Å². The molecule has 5 heteroatoms. The van der Waals surface area contributed by atoms with Gasteiger partial charge in [-0.15, -0.1) is 0 Å². The standard InChI is InChI=1S/C21H19NO3S/c1-26(24,25)20-13-11-19(12-14-20)22-21(23)18-9-7-17(8-10-18)15-16-5-3-2-4-6-16/h2-14H,15H2,1H3,(H,22,23). The Bertz CT molecular complexity index is 993. The van der Waals surface area contributed by atoms with E-state index in [1.807, 2.05) is 30.3 Å². The van der Waals surface area contributed by atoms with E-state index in [0.29, 0.717) is 11.3 Å². The van der Waals surface area contributed by atoms with Crippen LogP contribution in [0.1, 0.15) is 21.5 Å². The fourth-order valence-electron chi connectivity index (χ4n) is 2.59. The van der Waals surface area contributed by atoms with Gasteiger partial charge in [-0.25, -0.2) is 8.42 Å². The number of amides is 1. The van der Waals surface area contributed by atoms with Gasteiger partial charge in [-0.1, -0.05) is 42.5 Å². The van der Waals surface area contributed by atoms with E-state index < -0.39 is 9.84 Å². The molecule has 0 aliphatic heterocycles. The fourth-order valence-corrected chi connectivity index (χ4v) is 3.22. The number of benzene rings is 3. The number of anilines is 1. The minimum Gasteiger partial charge on any atom is -0.322 e. The molecule has 0 atom stereocenters. The van der Waals surface area contributed by atoms with Crippen LogP contribution in [-0.2, 0) is 16.3 Å². The molecule has 0 fully saturated rings. The van der Waals surface area contributed by atoms with Gasteiger partial charge in [0.05, 0.1) is 4.90 Å². The van der Waals surface area contributed by atoms with E-state index in [9.17, 15) is 13.2 Å². The van der Waals surface area contributed by atoms with Gasteiger partial charge in [0.15, 0.2) is 9.84 Å². The minimum atomic E-state index is -3.24. The highest BCUT2D eigenvalue weighted by Crippen LogP contribution is 2.16. The lowest BCUT2D eigenvalue weighted by atomic mass is 10.0. The number of nitrogens with one attached hydrogen (secondary N) is 1. The second-order valence-electron chi connectivity index (χ2n) is 6.11. The molecule has 0 saturated heterocycles. The van der Waals surface area contributed by atoms with Crippen molar-refractivity contribution < 1.29 is 13.2 Å². The van der Waals surface area contributed by atoms with E-state index in [0.717, 1.165) is 18.2 Å². The third-order valence-electron chi connectivity index (χ3n) is 4.01. The average Bonchev–Trinajstić information content (AvgIpc) is 2.63. The number of carbonyl (C=O) groups is 1. The van der Waals surface area contributed by atoms with Gasteiger partial charge in [0, 0.05) is 17.5 Å². The summed E-state index contributed by atoms with van der Waals surface area (Å²) in [4.78, 5) is 12.6. The molecule has 132 valence electrons. The van der Waals surface area contributed by atoms with Crippen LogP contribution in [0.25, 0.3) is 0 Å². The van der Waals surface area contributed by atoms with Gasteiger partial charge in [0.1, 0.15) is 0 Å². The summed E-state index contributed by atoms with van der Waals surface area (Å²) in [5.74, 6) is -0.233. The minimum absolute atomic E-state index is 0.223. The lowest BCUT2D eigenvalue weighted by Crippen LogP contribution is -2.12. The summed E-state index contributed by atoms with van der Waals surface area (Å²) in [5.41, 5.74) is 3.45. The van der Waals surface area contributed by atoms with Crippen molar-refractivity contribution >= 4 is 21.4 Å². The molecule has 3 aromatic carbocycles. The summed E-state index contributed by atoms with van der Waals surface area (Å²) in [5, 5.41) is 2.77. The molecule has 0 bridgehead atoms. The SMILES string of the molecule is CS(=O)(=O)c1ccc(NC(=O)c2ccc(Cc3ccccc3)cc2)cc1. The molecule has 3 rings (SSSR count). The van der Waals surface area contributed by atoms with E-state index in [1.165, 1.54) is 17.7 Å². The maximum atomic E-state index is 12.3. The Labute approximate surface area is 153 Å². The number of carbonyl (C=O) groups excluding carboxylic acids is 1. The van der Waals surface area contributed by atoms with Crippen LogP contribution in [0.4, 0.5) is 5.69 Å². The van der Waals surface area contributed by atoms with Crippen LogP contribution in [0.2, 0.25) is 0 Å². The van der Waals surface area contributed by atoms with E-state index in [2.05, 4.69) is 17.4 Å². The molecule has 0 saturated carbocycles. The van der Waals surface area contributed by atoms with Crippen LogP contribution < -0.4 is 5.32 Å². The highest BCUT2D eigenvalue weighted by atomic mass is 32.2. The monoisotopic (exact) mass is 365 g/mol. The van der Waals surface area contributed by atoms with E-state index in [4.69, 9.17) is 0 Å². The molecule has 1 amide bonds. The number of rotatable bonds is 5. The largest absolute Gasteiger partial charge is 0.322 e. The molecule has 0 aliphatic rings. The highest BCUT2D eigenvalue weighted by Gasteiger charge is 2.09. The Morgan fingerprint density at radius 2 is 1.38 bits per heavy atom. The number of hydrogen-bond acceptors (Lipinski definition) is 3. The average molecular weight is 365 g/mol. The van der Waals surface area contributed by atoms with E-state index in [-0.39, 0.29) is 10.8 Å². The molecule has 0 heterocycles. The Balaban J connectivity index is 1.66. The van der Waals surface area contributed by atoms with Gasteiger partial charge < -0.3 is 5.32 Å². The number of sulfone groups is 1. The number of hydrogen-bond donors (Lipinski definition) is 1. The van der Waals surface area contributed by atoms with Crippen LogP contribution in [0, 0.1) is 0 Å². The van der Waals surface area contributed by atoms with Crippen LogP contribution in [0.15, 0.2) is 83.8 Å². The van der Waals surface area contributed by atoms with E-state index >= 15 is 0 Å². The first-order valence-electron chi connectivity index (χ1n) is 8.16. The predicted octanol–water partition coefficient (Wildman–Crippen LogP) is 3.93. The molecular formula is C21H19NO3S. The molecule has 3 aromatic rings. The lowest BCUT2D eigenvalue weighted by molar-refractivity contribution is 0.102. The van der Waals surface area contributed by atoms with Crippen molar-refractivity contribution in [3.8, 4) is 0 Å². The van der Waals surface area contributed by atoms with Gasteiger partial charge in [-0.3, -0.25) is 4.79 Å². The maximum absolute atomic E-state index is 12.3. The summed E-state index contributed by atoms with van der Waals surface area (Å²) in [6, 6.07) is 23.7. The summed E-state index contributed by atoms with van der Waals surface area (Å²) in [7, 11) is -3.24. The van der Waals surface area contributed by atoms with Crippen molar-refractivity contribution in [2.45, 2.75) is 11.3 Å². The van der Waals surface area contributed by atoms with Crippen LogP contribution in [0.5, 0.6) is 0 Å². The Morgan fingerprint density at radius 3 is 1.96 bits per heavy atom. The lowest BCUT2D eigenvalue weighted by Gasteiger charge is -2.07. The van der Waals surface area contributed by atoms with Crippen molar-refractivity contribution in [3.05, 3.63) is 95.6 Å². The first-order valence-corrected chi connectivity index (χ1v) is 10.1. The van der Waals surface area contributed by atoms with Gasteiger partial charge >= 0.3 is 0 Å². The zero-order chi connectivity index (χ0) is 18.6. The first kappa shape index (κ1) is 17.9. The second-order valence-corrected chi connectivity index (χ2v) is 8.13. The van der Waals surface area contributed by atoms with Crippen molar-refractivity contribution in [2.75, 3.05) is 11.6 Å². The third kappa shape index (κ3) is 4.58. The summed E-state index contributed by atoms with van der Waals surface area (Å²) < 4.78 is 22.9. The van der Waals surface area contributed by atoms with Crippen molar-refractivity contribution in [1.82, 2.24) is 0 Å². The van der Waals surface area contributed by atoms with Gasteiger partial charge in [0.2, 0.25) is 0 Å². The molecule has 4 nitrogen and oxygen atoms in total. The molecule has 0 radical (unpaired) electrons. The Kier molecular flexibility index (Phi) is 5.19. The third-order valence-corrected chi connectivity index (χ3v) is 5.14. The topological polar surface area (TPSA) is 63.2 Å². The van der Waals surface area contributed by atoms with Crippen LogP contribution in [0.3, 0.4) is 0 Å². The van der Waals surface area contributed by atoms with Crippen LogP contribution >= 0.6 is 0 Å². The smallest absolute Gasteiger partial charge is 0.255 e. The normalized spacial score (nSPS) is 11.1. The predicted molar refractivity (Wildman–Crippen MR) is 103 cm³/mol. The van der Waals surface area contributed by atoms with E-state index in [1.54, 1.807) is 24.3 Å². The summed E-state index contributed by atoms with van der Waals surface area (Å²) in [6.45, 7) is 0. The Morgan fingerprint density at radius 1 is 0.808 bits per heavy atom. The van der Waals surface area contributed by atoms with Gasteiger partial charge in [0.25, 0.3) is 5.91 Å². The van der Waals surface area contributed by atoms with Crippen molar-refractivity contribution in [2.24, 2.45) is 0 Å². The second kappa shape index (κ2) is 7.54. The quantitative estimate of drug-likeness (QED) is 0.745. The highest BCUT2D eigenvalue weighted by molar-refractivity contribution is 7.90. The maximum Gasteiger partial charge on any atom is 0.255 e. The molecule has 0 aromatic heterocycles. The molecule has 0 unspecified atom stereocenters. The Hall–Kier alpha value is -2.92. The molecule has 0 aliphatic carbocycles. The summed E-state index contributed by atoms with van der Waals surface area (Å²) in [6.07, 6.45) is 1.97. The van der Waals surface area contributed by atoms with Crippen LogP contribution in [-0.4, -0.2) is 20.6 Å². The summed E-state index contributed by atoms with van der Waals surface area (Å²) >= 11 is 0. The molecular weight excluding hydrogens is 346 g/mol. The zero-order valence-corrected chi connectivity index (χ0v) is 15.2. The zero-order valence-electron chi connectivity index (χ0n) is 14.3. The molecule has 26 heavy (non-hydrogen) atoms. The first-order chi connectivity index (χ1) is 12.4. The van der Waals surface area contributed by atoms with Gasteiger partial charge in [-0.05, 0) is 53.9 Å². The van der Waals surface area contributed by atoms with Gasteiger partial charge in [-0.2, -0.15) is 0 Å². The molecule has 0 spiro atoms. The molecule has 1 N–H and O–H groups in total. The fraction of sp³-hybridized carbons (Fsp3) is 0.0952. The van der Waals surface area contributed by atoms with Crippen molar-refractivity contribution in [1.29, 1.82) is 0 Å².